The third kappa shape index (κ3) is 4.61. The molecule has 0 unspecified atom stereocenters. The highest BCUT2D eigenvalue weighted by atomic mass is 32.2. The normalized spacial score (nSPS) is 15.0. The van der Waals surface area contributed by atoms with Gasteiger partial charge in [0.1, 0.15) is 6.26 Å². The summed E-state index contributed by atoms with van der Waals surface area (Å²) in [6.07, 6.45) is 5.41. The molecule has 0 atom stereocenters. The highest BCUT2D eigenvalue weighted by Crippen LogP contribution is 2.26. The molecule has 0 saturated carbocycles. The molecule has 1 N–H and O–H groups in total. The number of sulfonamides is 1. The van der Waals surface area contributed by atoms with Gasteiger partial charge in [-0.15, -0.1) is 0 Å². The Kier molecular flexibility index (Phi) is 5.19. The van der Waals surface area contributed by atoms with Crippen LogP contribution in [0, 0.1) is 0 Å². The molecule has 0 bridgehead atoms. The van der Waals surface area contributed by atoms with Crippen LogP contribution in [0.2, 0.25) is 0 Å². The number of anilines is 1. The molecule has 0 spiro atoms. The standard InChI is InChI=1S/C21H23N3O3S/c1-28(25,26)23-19-10-8-17(9-11-19)16-4-6-18(7-5-16)21-22-20(15-27-21)14-24-12-2-3-13-24/h4-11,15,23H,2-3,12-14H2,1H3. The summed E-state index contributed by atoms with van der Waals surface area (Å²) in [5.41, 5.74) is 4.50. The molecular weight excluding hydrogens is 374 g/mol. The van der Waals surface area contributed by atoms with Gasteiger partial charge in [0.15, 0.2) is 0 Å². The number of nitrogens with one attached hydrogen (secondary N) is 1. The summed E-state index contributed by atoms with van der Waals surface area (Å²) >= 11 is 0. The van der Waals surface area contributed by atoms with Crippen molar-refractivity contribution in [3.05, 3.63) is 60.5 Å². The fourth-order valence-electron chi connectivity index (χ4n) is 3.43. The summed E-state index contributed by atoms with van der Waals surface area (Å²) in [5.74, 6) is 0.633. The smallest absolute Gasteiger partial charge is 0.229 e. The molecule has 6 nitrogen and oxygen atoms in total. The highest BCUT2D eigenvalue weighted by Gasteiger charge is 2.14. The Balaban J connectivity index is 1.46. The second kappa shape index (κ2) is 7.77. The molecule has 0 aliphatic carbocycles. The van der Waals surface area contributed by atoms with E-state index in [4.69, 9.17) is 4.42 Å². The number of benzene rings is 2. The van der Waals surface area contributed by atoms with Gasteiger partial charge in [-0.1, -0.05) is 24.3 Å². The lowest BCUT2D eigenvalue weighted by molar-refractivity contribution is 0.327. The zero-order valence-corrected chi connectivity index (χ0v) is 16.6. The molecule has 1 aromatic heterocycles. The van der Waals surface area contributed by atoms with Crippen molar-refractivity contribution in [2.75, 3.05) is 24.1 Å². The minimum Gasteiger partial charge on any atom is -0.444 e. The predicted molar refractivity (Wildman–Crippen MR) is 110 cm³/mol. The first kappa shape index (κ1) is 18.7. The lowest BCUT2D eigenvalue weighted by Gasteiger charge is -2.11. The quantitative estimate of drug-likeness (QED) is 0.681. The van der Waals surface area contributed by atoms with Gasteiger partial charge in [-0.2, -0.15) is 0 Å². The van der Waals surface area contributed by atoms with Crippen molar-refractivity contribution in [3.8, 4) is 22.6 Å². The Hall–Kier alpha value is -2.64. The SMILES string of the molecule is CS(=O)(=O)Nc1ccc(-c2ccc(-c3nc(CN4CCCC4)co3)cc2)cc1. The van der Waals surface area contributed by atoms with Crippen molar-refractivity contribution in [2.24, 2.45) is 0 Å². The van der Waals surface area contributed by atoms with Crippen LogP contribution in [0.4, 0.5) is 5.69 Å². The summed E-state index contributed by atoms with van der Waals surface area (Å²) < 4.78 is 30.7. The van der Waals surface area contributed by atoms with Crippen LogP contribution in [0.25, 0.3) is 22.6 Å². The molecular formula is C21H23N3O3S. The van der Waals surface area contributed by atoms with Gasteiger partial charge in [0.2, 0.25) is 15.9 Å². The molecule has 7 heteroatoms. The first-order chi connectivity index (χ1) is 13.5. The average Bonchev–Trinajstić information content (AvgIpc) is 3.34. The van der Waals surface area contributed by atoms with E-state index in [2.05, 4.69) is 14.6 Å². The van der Waals surface area contributed by atoms with Crippen molar-refractivity contribution in [1.29, 1.82) is 0 Å². The van der Waals surface area contributed by atoms with E-state index >= 15 is 0 Å². The van der Waals surface area contributed by atoms with E-state index in [-0.39, 0.29) is 0 Å². The molecule has 1 fully saturated rings. The zero-order chi connectivity index (χ0) is 19.6. The molecule has 0 radical (unpaired) electrons. The summed E-state index contributed by atoms with van der Waals surface area (Å²) in [4.78, 5) is 7.01. The Morgan fingerprint density at radius 2 is 1.54 bits per heavy atom. The summed E-state index contributed by atoms with van der Waals surface area (Å²) in [7, 11) is -3.27. The van der Waals surface area contributed by atoms with Crippen LogP contribution in [0.1, 0.15) is 18.5 Å². The molecule has 28 heavy (non-hydrogen) atoms. The third-order valence-electron chi connectivity index (χ3n) is 4.79. The maximum atomic E-state index is 11.3. The summed E-state index contributed by atoms with van der Waals surface area (Å²) in [6.45, 7) is 3.11. The fourth-order valence-corrected chi connectivity index (χ4v) is 4.00. The van der Waals surface area contributed by atoms with E-state index in [0.29, 0.717) is 11.6 Å². The second-order valence-electron chi connectivity index (χ2n) is 7.16. The van der Waals surface area contributed by atoms with Gasteiger partial charge < -0.3 is 4.42 Å². The first-order valence-electron chi connectivity index (χ1n) is 9.32. The minimum absolute atomic E-state index is 0.549. The topological polar surface area (TPSA) is 75.4 Å². The number of oxazole rings is 1. The number of hydrogen-bond acceptors (Lipinski definition) is 5. The van der Waals surface area contributed by atoms with Gasteiger partial charge in [-0.25, -0.2) is 13.4 Å². The Morgan fingerprint density at radius 3 is 2.14 bits per heavy atom. The lowest BCUT2D eigenvalue weighted by Crippen LogP contribution is -2.18. The van der Waals surface area contributed by atoms with Gasteiger partial charge in [0, 0.05) is 17.8 Å². The maximum absolute atomic E-state index is 11.3. The summed E-state index contributed by atoms with van der Waals surface area (Å²) in [5, 5.41) is 0. The van der Waals surface area contributed by atoms with Crippen LogP contribution in [-0.4, -0.2) is 37.6 Å². The second-order valence-corrected chi connectivity index (χ2v) is 8.90. The van der Waals surface area contributed by atoms with Crippen LogP contribution in [0.15, 0.2) is 59.2 Å². The van der Waals surface area contributed by atoms with Gasteiger partial charge in [-0.3, -0.25) is 9.62 Å². The molecule has 4 rings (SSSR count). The third-order valence-corrected chi connectivity index (χ3v) is 5.40. The number of hydrogen-bond donors (Lipinski definition) is 1. The molecule has 0 amide bonds. The molecule has 3 aromatic rings. The first-order valence-corrected chi connectivity index (χ1v) is 11.2. The van der Waals surface area contributed by atoms with E-state index in [9.17, 15) is 8.42 Å². The Labute approximate surface area is 165 Å². The molecule has 1 aliphatic heterocycles. The van der Waals surface area contributed by atoms with E-state index in [0.717, 1.165) is 48.3 Å². The lowest BCUT2D eigenvalue weighted by atomic mass is 10.0. The van der Waals surface area contributed by atoms with Crippen LogP contribution in [0.3, 0.4) is 0 Å². The molecule has 2 aromatic carbocycles. The maximum Gasteiger partial charge on any atom is 0.229 e. The molecule has 1 saturated heterocycles. The fraction of sp³-hybridized carbons (Fsp3) is 0.286. The molecule has 1 aliphatic rings. The van der Waals surface area contributed by atoms with Gasteiger partial charge >= 0.3 is 0 Å². The highest BCUT2D eigenvalue weighted by molar-refractivity contribution is 7.92. The number of aromatic nitrogens is 1. The number of nitrogens with zero attached hydrogens (tertiary/aromatic N) is 2. The van der Waals surface area contributed by atoms with Crippen LogP contribution >= 0.6 is 0 Å². The van der Waals surface area contributed by atoms with Gasteiger partial charge in [0.05, 0.1) is 11.9 Å². The van der Waals surface area contributed by atoms with Gasteiger partial charge in [0.25, 0.3) is 0 Å². The van der Waals surface area contributed by atoms with Crippen molar-refractivity contribution in [1.82, 2.24) is 9.88 Å². The van der Waals surface area contributed by atoms with Crippen molar-refractivity contribution in [3.63, 3.8) is 0 Å². The number of rotatable bonds is 6. The van der Waals surface area contributed by atoms with E-state index < -0.39 is 10.0 Å². The largest absolute Gasteiger partial charge is 0.444 e. The predicted octanol–water partition coefficient (Wildman–Crippen LogP) is 3.98. The average molecular weight is 398 g/mol. The molecule has 146 valence electrons. The van der Waals surface area contributed by atoms with E-state index in [1.54, 1.807) is 18.4 Å². The van der Waals surface area contributed by atoms with E-state index in [1.165, 1.54) is 12.8 Å². The van der Waals surface area contributed by atoms with Crippen LogP contribution < -0.4 is 4.72 Å². The monoisotopic (exact) mass is 397 g/mol. The van der Waals surface area contributed by atoms with Crippen molar-refractivity contribution in [2.45, 2.75) is 19.4 Å². The Morgan fingerprint density at radius 1 is 0.964 bits per heavy atom. The summed E-state index contributed by atoms with van der Waals surface area (Å²) in [6, 6.07) is 15.3. The van der Waals surface area contributed by atoms with Gasteiger partial charge in [-0.05, 0) is 61.3 Å². The van der Waals surface area contributed by atoms with E-state index in [1.807, 2.05) is 36.4 Å². The zero-order valence-electron chi connectivity index (χ0n) is 15.8. The van der Waals surface area contributed by atoms with Crippen LogP contribution in [0.5, 0.6) is 0 Å². The van der Waals surface area contributed by atoms with Crippen molar-refractivity contribution >= 4 is 15.7 Å². The van der Waals surface area contributed by atoms with Crippen LogP contribution in [-0.2, 0) is 16.6 Å². The minimum atomic E-state index is -3.27. The van der Waals surface area contributed by atoms with Crippen molar-refractivity contribution < 1.29 is 12.8 Å². The Bertz CT molecular complexity index is 1040. The molecule has 2 heterocycles. The number of likely N-dealkylation sites (tertiary alicyclic amines) is 1.